The van der Waals surface area contributed by atoms with E-state index in [0.717, 1.165) is 10.6 Å². The standard InChI is InChI=1S/C16H13N3O6/c1-16(2)9-13(17-7-3-4-12(15(17)20)19(23)24)11-8-10(18(21)22)5-6-14(11)25-16/h3-9H,1-2H3. The molecule has 0 spiro atoms. The smallest absolute Gasteiger partial charge is 0.334 e. The first-order valence-corrected chi connectivity index (χ1v) is 7.27. The van der Waals surface area contributed by atoms with Crippen molar-refractivity contribution < 1.29 is 14.6 Å². The zero-order valence-corrected chi connectivity index (χ0v) is 13.3. The number of hydrogen-bond acceptors (Lipinski definition) is 6. The minimum Gasteiger partial charge on any atom is -0.483 e. The van der Waals surface area contributed by atoms with Gasteiger partial charge in [-0.15, -0.1) is 0 Å². The fourth-order valence-corrected chi connectivity index (χ4v) is 2.65. The summed E-state index contributed by atoms with van der Waals surface area (Å²) >= 11 is 0. The lowest BCUT2D eigenvalue weighted by Gasteiger charge is -2.31. The summed E-state index contributed by atoms with van der Waals surface area (Å²) in [5.41, 5.74) is -1.78. The Morgan fingerprint density at radius 2 is 1.84 bits per heavy atom. The van der Waals surface area contributed by atoms with Crippen LogP contribution in [0, 0.1) is 20.2 Å². The van der Waals surface area contributed by atoms with Crippen molar-refractivity contribution in [3.63, 3.8) is 0 Å². The molecular formula is C16H13N3O6. The SMILES string of the molecule is CC1(C)C=C(n2cccc([N+](=O)[O-])c2=O)c2cc([N+](=O)[O-])ccc2O1. The minimum absolute atomic E-state index is 0.175. The molecule has 0 atom stereocenters. The van der Waals surface area contributed by atoms with Gasteiger partial charge in [0.15, 0.2) is 0 Å². The Hall–Kier alpha value is -3.49. The highest BCUT2D eigenvalue weighted by Crippen LogP contribution is 2.38. The Labute approximate surface area is 141 Å². The second kappa shape index (κ2) is 5.55. The first-order valence-electron chi connectivity index (χ1n) is 7.27. The summed E-state index contributed by atoms with van der Waals surface area (Å²) in [6.45, 7) is 3.50. The van der Waals surface area contributed by atoms with Crippen molar-refractivity contribution in [2.75, 3.05) is 0 Å². The fourth-order valence-electron chi connectivity index (χ4n) is 2.65. The molecule has 0 amide bonds. The van der Waals surface area contributed by atoms with Crippen molar-refractivity contribution >= 4 is 17.1 Å². The van der Waals surface area contributed by atoms with E-state index in [1.807, 2.05) is 0 Å². The number of nitro benzene ring substituents is 1. The van der Waals surface area contributed by atoms with Crippen molar-refractivity contribution in [1.82, 2.24) is 4.57 Å². The number of fused-ring (bicyclic) bond motifs is 1. The predicted octanol–water partition coefficient (Wildman–Crippen LogP) is 2.72. The van der Waals surface area contributed by atoms with Crippen molar-refractivity contribution in [2.24, 2.45) is 0 Å². The molecule has 1 aliphatic rings. The largest absolute Gasteiger partial charge is 0.483 e. The van der Waals surface area contributed by atoms with Crippen molar-refractivity contribution in [3.8, 4) is 5.75 Å². The van der Waals surface area contributed by atoms with Crippen LogP contribution in [0.4, 0.5) is 11.4 Å². The summed E-state index contributed by atoms with van der Waals surface area (Å²) in [4.78, 5) is 33.2. The van der Waals surface area contributed by atoms with Gasteiger partial charge in [0.1, 0.15) is 11.4 Å². The van der Waals surface area contributed by atoms with E-state index in [2.05, 4.69) is 0 Å². The molecule has 2 aromatic rings. The lowest BCUT2D eigenvalue weighted by atomic mass is 9.98. The van der Waals surface area contributed by atoms with Gasteiger partial charge in [0.05, 0.1) is 15.5 Å². The van der Waals surface area contributed by atoms with Crippen LogP contribution in [0.5, 0.6) is 5.75 Å². The minimum atomic E-state index is -0.825. The Morgan fingerprint density at radius 1 is 1.12 bits per heavy atom. The summed E-state index contributed by atoms with van der Waals surface area (Å²) in [5, 5.41) is 22.1. The molecule has 1 aliphatic heterocycles. The molecule has 1 aromatic heterocycles. The molecule has 2 heterocycles. The number of nitrogens with zero attached hydrogens (tertiary/aromatic N) is 3. The van der Waals surface area contributed by atoms with E-state index in [1.165, 1.54) is 30.5 Å². The highest BCUT2D eigenvalue weighted by Gasteiger charge is 2.30. The number of ether oxygens (including phenoxy) is 1. The molecule has 0 fully saturated rings. The Kier molecular flexibility index (Phi) is 3.63. The van der Waals surface area contributed by atoms with Gasteiger partial charge in [-0.25, -0.2) is 0 Å². The monoisotopic (exact) mass is 343 g/mol. The summed E-state index contributed by atoms with van der Waals surface area (Å²) in [5.74, 6) is 0.353. The molecule has 0 saturated carbocycles. The van der Waals surface area contributed by atoms with E-state index in [9.17, 15) is 25.0 Å². The van der Waals surface area contributed by atoms with Crippen LogP contribution < -0.4 is 10.3 Å². The molecule has 0 saturated heterocycles. The van der Waals surface area contributed by atoms with Gasteiger partial charge in [-0.05, 0) is 32.1 Å². The number of hydrogen-bond donors (Lipinski definition) is 0. The van der Waals surface area contributed by atoms with Crippen LogP contribution in [0.25, 0.3) is 5.70 Å². The molecule has 0 bridgehead atoms. The van der Waals surface area contributed by atoms with E-state index in [-0.39, 0.29) is 5.69 Å². The van der Waals surface area contributed by atoms with Gasteiger partial charge in [-0.1, -0.05) is 0 Å². The number of non-ortho nitro benzene ring substituents is 1. The number of rotatable bonds is 3. The fraction of sp³-hybridized carbons (Fsp3) is 0.188. The number of pyridine rings is 1. The van der Waals surface area contributed by atoms with Crippen LogP contribution in [0.1, 0.15) is 19.4 Å². The maximum absolute atomic E-state index is 12.5. The molecule has 9 nitrogen and oxygen atoms in total. The first-order chi connectivity index (χ1) is 11.7. The highest BCUT2D eigenvalue weighted by atomic mass is 16.6. The molecule has 1 aromatic carbocycles. The van der Waals surface area contributed by atoms with Gasteiger partial charge in [-0.2, -0.15) is 0 Å². The lowest BCUT2D eigenvalue weighted by Crippen LogP contribution is -2.32. The van der Waals surface area contributed by atoms with Gasteiger partial charge in [0, 0.05) is 30.0 Å². The molecule has 25 heavy (non-hydrogen) atoms. The van der Waals surface area contributed by atoms with Crippen LogP contribution in [0.2, 0.25) is 0 Å². The van der Waals surface area contributed by atoms with E-state index in [4.69, 9.17) is 4.74 Å². The van der Waals surface area contributed by atoms with E-state index < -0.39 is 26.7 Å². The molecular weight excluding hydrogens is 330 g/mol. The predicted molar refractivity (Wildman–Crippen MR) is 88.5 cm³/mol. The summed E-state index contributed by atoms with van der Waals surface area (Å²) in [6.07, 6.45) is 2.98. The third kappa shape index (κ3) is 2.87. The molecule has 9 heteroatoms. The van der Waals surface area contributed by atoms with Crippen LogP contribution in [0.3, 0.4) is 0 Å². The zero-order valence-electron chi connectivity index (χ0n) is 13.3. The molecule has 3 rings (SSSR count). The first kappa shape index (κ1) is 16.4. The molecule has 0 unspecified atom stereocenters. The van der Waals surface area contributed by atoms with E-state index in [0.29, 0.717) is 17.0 Å². The van der Waals surface area contributed by atoms with Gasteiger partial charge in [0.25, 0.3) is 5.69 Å². The maximum Gasteiger partial charge on any atom is 0.334 e. The lowest BCUT2D eigenvalue weighted by molar-refractivity contribution is -0.386. The van der Waals surface area contributed by atoms with Crippen molar-refractivity contribution in [2.45, 2.75) is 19.4 Å². The number of aromatic nitrogens is 1. The van der Waals surface area contributed by atoms with Crippen molar-refractivity contribution in [1.29, 1.82) is 0 Å². The number of nitro groups is 2. The van der Waals surface area contributed by atoms with Gasteiger partial charge >= 0.3 is 11.2 Å². The average Bonchev–Trinajstić information content (AvgIpc) is 2.52. The zero-order chi connectivity index (χ0) is 18.4. The quantitative estimate of drug-likeness (QED) is 0.624. The second-order valence-electron chi connectivity index (χ2n) is 6.00. The third-order valence-corrected chi connectivity index (χ3v) is 3.69. The topological polar surface area (TPSA) is 118 Å². The Balaban J connectivity index is 2.29. The van der Waals surface area contributed by atoms with E-state index >= 15 is 0 Å². The number of benzene rings is 1. The van der Waals surface area contributed by atoms with Crippen molar-refractivity contribution in [3.05, 3.63) is 78.8 Å². The van der Waals surface area contributed by atoms with E-state index in [1.54, 1.807) is 19.9 Å². The summed E-state index contributed by atoms with van der Waals surface area (Å²) in [7, 11) is 0. The average molecular weight is 343 g/mol. The molecule has 0 N–H and O–H groups in total. The van der Waals surface area contributed by atoms with Crippen LogP contribution in [-0.4, -0.2) is 20.0 Å². The molecule has 0 aliphatic carbocycles. The van der Waals surface area contributed by atoms with Crippen LogP contribution in [-0.2, 0) is 0 Å². The highest BCUT2D eigenvalue weighted by molar-refractivity contribution is 5.75. The summed E-state index contributed by atoms with van der Waals surface area (Å²) in [6, 6.07) is 6.51. The Bertz CT molecular complexity index is 990. The molecule has 0 radical (unpaired) electrons. The Morgan fingerprint density at radius 3 is 2.48 bits per heavy atom. The van der Waals surface area contributed by atoms with Gasteiger partial charge in [-0.3, -0.25) is 29.6 Å². The maximum atomic E-state index is 12.5. The molecule has 128 valence electrons. The van der Waals surface area contributed by atoms with Crippen LogP contribution in [0.15, 0.2) is 47.4 Å². The third-order valence-electron chi connectivity index (χ3n) is 3.69. The van der Waals surface area contributed by atoms with Gasteiger partial charge < -0.3 is 4.74 Å². The van der Waals surface area contributed by atoms with Crippen LogP contribution >= 0.6 is 0 Å². The second-order valence-corrected chi connectivity index (χ2v) is 6.00. The summed E-state index contributed by atoms with van der Waals surface area (Å²) < 4.78 is 6.88. The van der Waals surface area contributed by atoms with Gasteiger partial charge in [0.2, 0.25) is 0 Å². The normalized spacial score (nSPS) is 14.9.